The summed E-state index contributed by atoms with van der Waals surface area (Å²) in [5.74, 6) is 1.30. The van der Waals surface area contributed by atoms with Crippen LogP contribution in [0.1, 0.15) is 5.56 Å². The van der Waals surface area contributed by atoms with Crippen LogP contribution < -0.4 is 15.8 Å². The number of benzene rings is 1. The molecule has 0 unspecified atom stereocenters. The molecule has 140 valence electrons. The molecule has 0 amide bonds. The van der Waals surface area contributed by atoms with E-state index in [0.717, 1.165) is 49.8 Å². The molecule has 4 N–H and O–H groups in total. The van der Waals surface area contributed by atoms with Crippen LogP contribution in [0.5, 0.6) is 5.75 Å². The van der Waals surface area contributed by atoms with Gasteiger partial charge in [-0.2, -0.15) is 0 Å². The number of guanidine groups is 1. The molecule has 1 saturated heterocycles. The third-order valence-corrected chi connectivity index (χ3v) is 3.46. The van der Waals surface area contributed by atoms with E-state index in [1.165, 1.54) is 0 Å². The molecule has 0 spiro atoms. The molecule has 10 nitrogen and oxygen atoms in total. The van der Waals surface area contributed by atoms with Gasteiger partial charge in [0.1, 0.15) is 12.4 Å². The zero-order chi connectivity index (χ0) is 18.7. The minimum Gasteiger partial charge on any atom is -0.492 e. The minimum absolute atomic E-state index is 0.399. The van der Waals surface area contributed by atoms with Crippen molar-refractivity contribution in [2.45, 2.75) is 6.92 Å². The fourth-order valence-corrected chi connectivity index (χ4v) is 2.20. The van der Waals surface area contributed by atoms with Gasteiger partial charge >= 0.3 is 0 Å². The van der Waals surface area contributed by atoms with Gasteiger partial charge in [-0.25, -0.2) is 0 Å². The van der Waals surface area contributed by atoms with E-state index in [9.17, 15) is 0 Å². The third kappa shape index (κ3) is 8.72. The quantitative estimate of drug-likeness (QED) is 0.304. The van der Waals surface area contributed by atoms with Crippen LogP contribution in [0, 0.1) is 17.0 Å². The lowest BCUT2D eigenvalue weighted by Gasteiger charge is -2.26. The van der Waals surface area contributed by atoms with E-state index in [1.807, 2.05) is 25.1 Å². The van der Waals surface area contributed by atoms with Gasteiger partial charge in [0, 0.05) is 32.4 Å². The number of ether oxygens (including phenoxy) is 2. The molecule has 2 rings (SSSR count). The average molecular weight is 355 g/mol. The van der Waals surface area contributed by atoms with Crippen LogP contribution in [0.15, 0.2) is 23.2 Å². The first-order chi connectivity index (χ1) is 11.9. The molecular weight excluding hydrogens is 330 g/mol. The van der Waals surface area contributed by atoms with Crippen molar-refractivity contribution in [3.05, 3.63) is 33.9 Å². The second kappa shape index (κ2) is 11.0. The number of nitrogens with two attached hydrogens (primary N) is 1. The van der Waals surface area contributed by atoms with Gasteiger partial charge in [-0.3, -0.25) is 9.89 Å². The maximum atomic E-state index is 8.36. The zero-order valence-electron chi connectivity index (χ0n) is 14.5. The molecule has 10 heteroatoms. The van der Waals surface area contributed by atoms with Gasteiger partial charge in [0.2, 0.25) is 0 Å². The van der Waals surface area contributed by atoms with E-state index in [4.69, 9.17) is 30.5 Å². The lowest BCUT2D eigenvalue weighted by molar-refractivity contribution is -0.742. The van der Waals surface area contributed by atoms with Crippen LogP contribution in [-0.4, -0.2) is 67.7 Å². The van der Waals surface area contributed by atoms with Gasteiger partial charge in [-0.05, 0) is 30.7 Å². The van der Waals surface area contributed by atoms with Crippen LogP contribution in [0.25, 0.3) is 0 Å². The number of rotatable bonds is 5. The van der Waals surface area contributed by atoms with Crippen LogP contribution in [0.3, 0.4) is 0 Å². The molecule has 0 radical (unpaired) electrons. The summed E-state index contributed by atoms with van der Waals surface area (Å²) in [6.07, 6.45) is 0. The molecule has 1 aliphatic heterocycles. The number of nitrogens with one attached hydrogen (secondary N) is 1. The smallest absolute Gasteiger partial charge is 0.291 e. The predicted molar refractivity (Wildman–Crippen MR) is 93.9 cm³/mol. The molecule has 0 aromatic heterocycles. The molecule has 0 aliphatic carbocycles. The second-order valence-corrected chi connectivity index (χ2v) is 5.25. The van der Waals surface area contributed by atoms with Crippen molar-refractivity contribution < 1.29 is 19.8 Å². The fraction of sp³-hybridized carbons (Fsp3) is 0.533. The van der Waals surface area contributed by atoms with Crippen LogP contribution in [0.2, 0.25) is 0 Å². The Hall–Kier alpha value is -2.59. The van der Waals surface area contributed by atoms with Crippen LogP contribution >= 0.6 is 0 Å². The van der Waals surface area contributed by atoms with Gasteiger partial charge in [0.05, 0.1) is 13.2 Å². The monoisotopic (exact) mass is 355 g/mol. The van der Waals surface area contributed by atoms with Crippen molar-refractivity contribution in [1.82, 2.24) is 4.90 Å². The number of nitrogens with zero attached hydrogens (tertiary/aromatic N) is 3. The Bertz CT molecular complexity index is 571. The molecule has 0 atom stereocenters. The molecule has 1 heterocycles. The van der Waals surface area contributed by atoms with Gasteiger partial charge in [0.15, 0.2) is 5.96 Å². The zero-order valence-corrected chi connectivity index (χ0v) is 14.5. The Balaban J connectivity index is 0.000000705. The fourth-order valence-electron chi connectivity index (χ4n) is 2.20. The number of hydrogen-bond donors (Lipinski definition) is 3. The van der Waals surface area contributed by atoms with E-state index in [1.54, 1.807) is 7.05 Å². The lowest BCUT2D eigenvalue weighted by atomic mass is 10.2. The standard InChI is InChI=1S/C15H24N4O2.HNO3/c1-12-11-13(18-15(16)17-2)3-4-14(12)21-10-7-19-5-8-20-9-6-19;2-1(3)4/h3-4,11H,5-10H2,1-2H3,(H3,16,17,18);(H,2,3,4). The first-order valence-corrected chi connectivity index (χ1v) is 7.78. The highest BCUT2D eigenvalue weighted by Gasteiger charge is 2.10. The lowest BCUT2D eigenvalue weighted by Crippen LogP contribution is -2.38. The summed E-state index contributed by atoms with van der Waals surface area (Å²) in [6.45, 7) is 7.25. The summed E-state index contributed by atoms with van der Waals surface area (Å²) in [7, 11) is 1.65. The van der Waals surface area contributed by atoms with Crippen molar-refractivity contribution in [2.24, 2.45) is 10.7 Å². The predicted octanol–water partition coefficient (Wildman–Crippen LogP) is 0.715. The summed E-state index contributed by atoms with van der Waals surface area (Å²) < 4.78 is 11.2. The molecule has 0 saturated carbocycles. The van der Waals surface area contributed by atoms with Crippen molar-refractivity contribution in [1.29, 1.82) is 0 Å². The average Bonchev–Trinajstić information content (AvgIpc) is 2.57. The number of hydrogen-bond acceptors (Lipinski definition) is 6. The van der Waals surface area contributed by atoms with Gasteiger partial charge < -0.3 is 25.7 Å². The summed E-state index contributed by atoms with van der Waals surface area (Å²) >= 11 is 0. The maximum Gasteiger partial charge on any atom is 0.291 e. The highest BCUT2D eigenvalue weighted by Crippen LogP contribution is 2.21. The summed E-state index contributed by atoms with van der Waals surface area (Å²) in [5.41, 5.74) is 7.64. The van der Waals surface area contributed by atoms with E-state index in [0.29, 0.717) is 12.6 Å². The van der Waals surface area contributed by atoms with Crippen molar-refractivity contribution in [3.8, 4) is 5.75 Å². The van der Waals surface area contributed by atoms with E-state index >= 15 is 0 Å². The van der Waals surface area contributed by atoms with Crippen LogP contribution in [-0.2, 0) is 4.74 Å². The molecule has 0 bridgehead atoms. The largest absolute Gasteiger partial charge is 0.492 e. The van der Waals surface area contributed by atoms with Crippen molar-refractivity contribution in [3.63, 3.8) is 0 Å². The Morgan fingerprint density at radius 1 is 1.52 bits per heavy atom. The normalized spacial score (nSPS) is 15.0. The van der Waals surface area contributed by atoms with Gasteiger partial charge in [-0.1, -0.05) is 0 Å². The third-order valence-electron chi connectivity index (χ3n) is 3.46. The highest BCUT2D eigenvalue weighted by molar-refractivity contribution is 5.92. The molecule has 25 heavy (non-hydrogen) atoms. The van der Waals surface area contributed by atoms with Crippen molar-refractivity contribution >= 4 is 11.6 Å². The topological polar surface area (TPSA) is 135 Å². The second-order valence-electron chi connectivity index (χ2n) is 5.25. The minimum atomic E-state index is -1.50. The summed E-state index contributed by atoms with van der Waals surface area (Å²) in [5, 5.41) is 16.7. The van der Waals surface area contributed by atoms with Gasteiger partial charge in [-0.15, -0.1) is 10.1 Å². The Labute approximate surface area is 146 Å². The number of aryl methyl sites for hydroxylation is 1. The highest BCUT2D eigenvalue weighted by atomic mass is 16.9. The van der Waals surface area contributed by atoms with Crippen molar-refractivity contribution in [2.75, 3.05) is 51.8 Å². The number of aliphatic imine (C=N–C) groups is 1. The van der Waals surface area contributed by atoms with E-state index in [2.05, 4.69) is 15.2 Å². The summed E-state index contributed by atoms with van der Waals surface area (Å²) in [4.78, 5) is 14.6. The number of anilines is 1. The van der Waals surface area contributed by atoms with E-state index in [-0.39, 0.29) is 0 Å². The summed E-state index contributed by atoms with van der Waals surface area (Å²) in [6, 6.07) is 5.90. The van der Waals surface area contributed by atoms with Gasteiger partial charge in [0.25, 0.3) is 5.09 Å². The van der Waals surface area contributed by atoms with E-state index < -0.39 is 5.09 Å². The Kier molecular flexibility index (Phi) is 9.04. The molecule has 1 aromatic carbocycles. The molecule has 1 fully saturated rings. The maximum absolute atomic E-state index is 8.36. The SMILES string of the molecule is CN=C(N)Nc1ccc(OCCN2CCOCC2)c(C)c1.O=[N+]([O-])O. The first kappa shape index (κ1) is 20.5. The molecule has 1 aromatic rings. The number of morpholine rings is 1. The Morgan fingerprint density at radius 3 is 2.72 bits per heavy atom. The van der Waals surface area contributed by atoms with Crippen LogP contribution in [0.4, 0.5) is 5.69 Å². The Morgan fingerprint density at radius 2 is 2.16 bits per heavy atom. The molecular formula is C15H25N5O5. The first-order valence-electron chi connectivity index (χ1n) is 7.78. The molecule has 1 aliphatic rings.